The summed E-state index contributed by atoms with van der Waals surface area (Å²) in [6.07, 6.45) is 1.50. The number of epoxide rings is 1. The Hall–Kier alpha value is -2.95. The molecule has 0 bridgehead atoms. The highest BCUT2D eigenvalue weighted by Crippen LogP contribution is 2.70. The van der Waals surface area contributed by atoms with E-state index in [0.29, 0.717) is 37.9 Å². The molecule has 1 spiro atoms. The minimum Gasteiger partial charge on any atom is -0.465 e. The van der Waals surface area contributed by atoms with Crippen LogP contribution in [0, 0.1) is 34.5 Å². The molecular weight excluding hydrogens is 572 g/mol. The van der Waals surface area contributed by atoms with E-state index in [1.807, 2.05) is 13.8 Å². The summed E-state index contributed by atoms with van der Waals surface area (Å²) < 4.78 is 35.7. The summed E-state index contributed by atoms with van der Waals surface area (Å²) in [6.45, 7) is 14.3. The molecule has 0 radical (unpaired) electrons. The second-order valence-corrected chi connectivity index (χ2v) is 13.8. The van der Waals surface area contributed by atoms with E-state index in [2.05, 4.69) is 6.92 Å². The molecule has 0 amide bonds. The van der Waals surface area contributed by atoms with Crippen molar-refractivity contribution in [3.63, 3.8) is 0 Å². The number of hydrogen-bond donors (Lipinski definition) is 0. The summed E-state index contributed by atoms with van der Waals surface area (Å²) in [5, 5.41) is 0. The highest BCUT2D eigenvalue weighted by atomic mass is 16.6. The fourth-order valence-corrected chi connectivity index (χ4v) is 7.78. The third kappa shape index (κ3) is 6.26. The molecular formula is C33H48O11. The molecule has 1 saturated heterocycles. The summed E-state index contributed by atoms with van der Waals surface area (Å²) in [5.41, 5.74) is -2.03. The Bertz CT molecular complexity index is 1190. The molecule has 4 aliphatic rings. The number of carbonyl (C=O) groups is 5. The zero-order valence-corrected chi connectivity index (χ0v) is 27.3. The van der Waals surface area contributed by atoms with Gasteiger partial charge in [0.2, 0.25) is 0 Å². The Labute approximate surface area is 259 Å². The highest BCUT2D eigenvalue weighted by molar-refractivity contribution is 5.85. The second kappa shape index (κ2) is 12.8. The number of carbonyl (C=O) groups excluding carboxylic acids is 5. The van der Waals surface area contributed by atoms with Crippen molar-refractivity contribution in [2.75, 3.05) is 19.8 Å². The number of esters is 5. The van der Waals surface area contributed by atoms with Crippen LogP contribution in [0.5, 0.6) is 0 Å². The largest absolute Gasteiger partial charge is 0.465 e. The van der Waals surface area contributed by atoms with Crippen molar-refractivity contribution in [3.05, 3.63) is 11.6 Å². The molecule has 2 aliphatic carbocycles. The quantitative estimate of drug-likeness (QED) is 0.187. The van der Waals surface area contributed by atoms with Gasteiger partial charge in [0.1, 0.15) is 37.1 Å². The number of ether oxygens (including phenoxy) is 6. The molecule has 3 fully saturated rings. The van der Waals surface area contributed by atoms with Gasteiger partial charge in [-0.3, -0.25) is 19.2 Å². The molecule has 2 heterocycles. The molecule has 9 atom stereocenters. The number of cyclic esters (lactones) is 1. The van der Waals surface area contributed by atoms with Crippen molar-refractivity contribution < 1.29 is 52.4 Å². The van der Waals surface area contributed by atoms with Crippen LogP contribution in [0.4, 0.5) is 0 Å². The van der Waals surface area contributed by atoms with Crippen molar-refractivity contribution in [3.8, 4) is 0 Å². The fourth-order valence-electron chi connectivity index (χ4n) is 7.78. The van der Waals surface area contributed by atoms with Gasteiger partial charge in [-0.05, 0) is 43.4 Å². The van der Waals surface area contributed by atoms with Gasteiger partial charge >= 0.3 is 29.8 Å². The first-order chi connectivity index (χ1) is 20.6. The van der Waals surface area contributed by atoms with Crippen molar-refractivity contribution >= 4 is 29.8 Å². The number of fused-ring (bicyclic) bond motifs is 2. The van der Waals surface area contributed by atoms with Crippen LogP contribution in [-0.4, -0.2) is 73.6 Å². The summed E-state index contributed by atoms with van der Waals surface area (Å²) in [5.74, 6) is -3.67. The molecule has 246 valence electrons. The molecule has 0 aromatic heterocycles. The smallest absolute Gasteiger partial charge is 0.331 e. The van der Waals surface area contributed by atoms with Crippen molar-refractivity contribution in [2.24, 2.45) is 34.5 Å². The maximum Gasteiger partial charge on any atom is 0.331 e. The van der Waals surface area contributed by atoms with Crippen LogP contribution in [0.1, 0.15) is 87.5 Å². The van der Waals surface area contributed by atoms with Gasteiger partial charge in [-0.2, -0.15) is 0 Å². The third-order valence-electron chi connectivity index (χ3n) is 10.6. The van der Waals surface area contributed by atoms with Crippen LogP contribution in [0.3, 0.4) is 0 Å². The molecule has 2 aliphatic heterocycles. The van der Waals surface area contributed by atoms with E-state index < -0.39 is 64.5 Å². The predicted octanol–water partition coefficient (Wildman–Crippen LogP) is 4.09. The van der Waals surface area contributed by atoms with Gasteiger partial charge in [0.05, 0.1) is 23.9 Å². The van der Waals surface area contributed by atoms with E-state index in [0.717, 1.165) is 0 Å². The minimum absolute atomic E-state index is 0.000110. The lowest BCUT2D eigenvalue weighted by Crippen LogP contribution is -2.71. The number of hydrogen-bond acceptors (Lipinski definition) is 11. The first-order valence-corrected chi connectivity index (χ1v) is 15.8. The average Bonchev–Trinajstić information content (AvgIpc) is 3.60. The van der Waals surface area contributed by atoms with Crippen LogP contribution >= 0.6 is 0 Å². The summed E-state index contributed by atoms with van der Waals surface area (Å²) >= 11 is 0. The topological polar surface area (TPSA) is 144 Å². The normalized spacial score (nSPS) is 35.6. The fraction of sp³-hybridized carbons (Fsp3) is 0.788. The van der Waals surface area contributed by atoms with Gasteiger partial charge in [-0.25, -0.2) is 4.79 Å². The van der Waals surface area contributed by atoms with Gasteiger partial charge in [0.15, 0.2) is 0 Å². The molecule has 0 unspecified atom stereocenters. The molecule has 11 heteroatoms. The Morgan fingerprint density at radius 3 is 2.27 bits per heavy atom. The molecule has 0 N–H and O–H groups in total. The Morgan fingerprint density at radius 1 is 1.07 bits per heavy atom. The Balaban J connectivity index is 1.89. The van der Waals surface area contributed by atoms with Gasteiger partial charge in [-0.15, -0.1) is 0 Å². The van der Waals surface area contributed by atoms with Crippen molar-refractivity contribution in [1.29, 1.82) is 0 Å². The summed E-state index contributed by atoms with van der Waals surface area (Å²) in [4.78, 5) is 63.3. The van der Waals surface area contributed by atoms with E-state index in [9.17, 15) is 24.0 Å². The van der Waals surface area contributed by atoms with E-state index >= 15 is 0 Å². The van der Waals surface area contributed by atoms with Crippen LogP contribution in [0.2, 0.25) is 0 Å². The average molecular weight is 621 g/mol. The van der Waals surface area contributed by atoms with Gasteiger partial charge in [0.25, 0.3) is 0 Å². The van der Waals surface area contributed by atoms with Crippen LogP contribution < -0.4 is 0 Å². The molecule has 0 aromatic carbocycles. The van der Waals surface area contributed by atoms with Crippen LogP contribution in [-0.2, 0) is 52.4 Å². The third-order valence-corrected chi connectivity index (χ3v) is 10.6. The first-order valence-electron chi connectivity index (χ1n) is 15.8. The van der Waals surface area contributed by atoms with E-state index in [1.165, 1.54) is 19.9 Å². The zero-order chi connectivity index (χ0) is 32.6. The Morgan fingerprint density at radius 2 is 1.75 bits per heavy atom. The van der Waals surface area contributed by atoms with E-state index in [1.54, 1.807) is 20.8 Å². The zero-order valence-electron chi connectivity index (χ0n) is 27.3. The first kappa shape index (κ1) is 33.9. The van der Waals surface area contributed by atoms with Crippen LogP contribution in [0.25, 0.3) is 0 Å². The lowest BCUT2D eigenvalue weighted by atomic mass is 9.42. The summed E-state index contributed by atoms with van der Waals surface area (Å²) in [6, 6.07) is 0. The van der Waals surface area contributed by atoms with Gasteiger partial charge < -0.3 is 28.4 Å². The van der Waals surface area contributed by atoms with Gasteiger partial charge in [-0.1, -0.05) is 41.5 Å². The summed E-state index contributed by atoms with van der Waals surface area (Å²) in [7, 11) is 0. The lowest BCUT2D eigenvalue weighted by molar-refractivity contribution is -0.260. The van der Waals surface area contributed by atoms with Crippen molar-refractivity contribution in [2.45, 2.75) is 111 Å². The molecule has 0 aromatic rings. The monoisotopic (exact) mass is 620 g/mol. The highest BCUT2D eigenvalue weighted by Gasteiger charge is 2.77. The lowest BCUT2D eigenvalue weighted by Gasteiger charge is -2.64. The SMILES string of the molecule is CC[C@@H](C)C(=O)O[C@@H](C[C@@]1(C)[C@H](C)C[C@H](OC(C)=O)[C@]2(COC(C)=O)[C@@H]1[C@H](OC(=O)C(C)C)CC[C@]21CO1)C1=CC(=O)OC1. The van der Waals surface area contributed by atoms with Crippen LogP contribution in [0.15, 0.2) is 11.6 Å². The molecule has 11 nitrogen and oxygen atoms in total. The Kier molecular flexibility index (Phi) is 9.88. The maximum absolute atomic E-state index is 13.2. The number of rotatable bonds is 11. The van der Waals surface area contributed by atoms with Crippen molar-refractivity contribution in [1.82, 2.24) is 0 Å². The molecule has 2 saturated carbocycles. The molecule has 4 rings (SSSR count). The van der Waals surface area contributed by atoms with Gasteiger partial charge in [0, 0.05) is 31.4 Å². The maximum atomic E-state index is 13.2. The minimum atomic E-state index is -1.06. The predicted molar refractivity (Wildman–Crippen MR) is 156 cm³/mol. The second-order valence-electron chi connectivity index (χ2n) is 13.8. The van der Waals surface area contributed by atoms with E-state index in [-0.39, 0.29) is 43.4 Å². The van der Waals surface area contributed by atoms with E-state index in [4.69, 9.17) is 28.4 Å². The standard InChI is InChI=1S/C33H48O11/c1-9-19(4)30(38)44-25(23-13-27(36)39-15-23)14-31(8)20(5)12-26(42-22(7)35)33(17-40-21(6)34)28(31)24(43-29(37)18(2)3)10-11-32(33)16-41-32/h13,18-20,24-26,28H,9-12,14-17H2,1-8H3/t19-,20-,24-,25+,26+,28-,31+,32+,33-/m1/s1. The molecule has 44 heavy (non-hydrogen) atoms.